The number of piperidine rings is 1. The Morgan fingerprint density at radius 3 is 2.64 bits per heavy atom. The van der Waals surface area contributed by atoms with Gasteiger partial charge in [0.25, 0.3) is 0 Å². The van der Waals surface area contributed by atoms with Gasteiger partial charge in [0.05, 0.1) is 10.6 Å². The predicted octanol–water partition coefficient (Wildman–Crippen LogP) is 2.36. The standard InChI is InChI=1S/C20H22N4O3S/c1-14-13-19(23(2)21-14)24-12-6-10-17(20(24)25)22-28(26,27)18-11-5-8-15-7-3-4-9-16(15)18/h3-5,7-9,11,13,17,22H,6,10,12H2,1-2H3/t17-/m0/s1. The molecule has 0 saturated carbocycles. The smallest absolute Gasteiger partial charge is 0.246 e. The first-order valence-electron chi connectivity index (χ1n) is 9.19. The Hall–Kier alpha value is -2.71. The van der Waals surface area contributed by atoms with Gasteiger partial charge in [0.1, 0.15) is 11.9 Å². The second-order valence-corrected chi connectivity index (χ2v) is 8.73. The van der Waals surface area contributed by atoms with E-state index < -0.39 is 16.1 Å². The maximum atomic E-state index is 13.1. The van der Waals surface area contributed by atoms with E-state index in [0.717, 1.165) is 11.1 Å². The lowest BCUT2D eigenvalue weighted by Crippen LogP contribution is -2.52. The van der Waals surface area contributed by atoms with Gasteiger partial charge < -0.3 is 0 Å². The summed E-state index contributed by atoms with van der Waals surface area (Å²) in [5.41, 5.74) is 0.809. The van der Waals surface area contributed by atoms with Gasteiger partial charge in [0, 0.05) is 25.0 Å². The zero-order chi connectivity index (χ0) is 19.9. The van der Waals surface area contributed by atoms with E-state index in [0.29, 0.717) is 30.6 Å². The molecule has 2 aromatic carbocycles. The number of fused-ring (bicyclic) bond motifs is 1. The molecule has 28 heavy (non-hydrogen) atoms. The van der Waals surface area contributed by atoms with Crippen LogP contribution in [0.5, 0.6) is 0 Å². The molecule has 8 heteroatoms. The van der Waals surface area contributed by atoms with Gasteiger partial charge >= 0.3 is 0 Å². The number of benzene rings is 2. The molecule has 7 nitrogen and oxygen atoms in total. The van der Waals surface area contributed by atoms with Gasteiger partial charge in [-0.1, -0.05) is 36.4 Å². The number of anilines is 1. The van der Waals surface area contributed by atoms with Crippen LogP contribution in [0.25, 0.3) is 10.8 Å². The summed E-state index contributed by atoms with van der Waals surface area (Å²) >= 11 is 0. The number of rotatable bonds is 4. The second-order valence-electron chi connectivity index (χ2n) is 7.05. The molecule has 1 aliphatic rings. The number of nitrogens with zero attached hydrogens (tertiary/aromatic N) is 3. The third-order valence-corrected chi connectivity index (χ3v) is 6.56. The molecule has 4 rings (SSSR count). The summed E-state index contributed by atoms with van der Waals surface area (Å²) in [5.74, 6) is 0.426. The number of sulfonamides is 1. The van der Waals surface area contributed by atoms with Crippen molar-refractivity contribution < 1.29 is 13.2 Å². The summed E-state index contributed by atoms with van der Waals surface area (Å²) < 4.78 is 30.4. The van der Waals surface area contributed by atoms with Crippen molar-refractivity contribution in [2.75, 3.05) is 11.4 Å². The minimum absolute atomic E-state index is 0.187. The number of carbonyl (C=O) groups is 1. The number of hydrogen-bond acceptors (Lipinski definition) is 4. The van der Waals surface area contributed by atoms with Gasteiger partial charge in [0.15, 0.2) is 0 Å². The summed E-state index contributed by atoms with van der Waals surface area (Å²) in [6.07, 6.45) is 1.18. The largest absolute Gasteiger partial charge is 0.296 e. The van der Waals surface area contributed by atoms with Crippen molar-refractivity contribution >= 4 is 32.5 Å². The molecule has 3 aromatic rings. The van der Waals surface area contributed by atoms with Crippen molar-refractivity contribution in [1.82, 2.24) is 14.5 Å². The highest BCUT2D eigenvalue weighted by molar-refractivity contribution is 7.89. The van der Waals surface area contributed by atoms with Crippen LogP contribution in [-0.4, -0.2) is 36.7 Å². The zero-order valence-corrected chi connectivity index (χ0v) is 16.6. The van der Waals surface area contributed by atoms with Crippen LogP contribution in [0.2, 0.25) is 0 Å². The van der Waals surface area contributed by atoms with Crippen LogP contribution in [-0.2, 0) is 21.9 Å². The quantitative estimate of drug-likeness (QED) is 0.731. The highest BCUT2D eigenvalue weighted by Gasteiger charge is 2.34. The van der Waals surface area contributed by atoms with Crippen LogP contribution in [0.1, 0.15) is 18.5 Å². The molecule has 1 atom stereocenters. The van der Waals surface area contributed by atoms with Crippen molar-refractivity contribution in [2.45, 2.75) is 30.7 Å². The van der Waals surface area contributed by atoms with E-state index >= 15 is 0 Å². The van der Waals surface area contributed by atoms with E-state index in [1.165, 1.54) is 0 Å². The summed E-state index contributed by atoms with van der Waals surface area (Å²) in [4.78, 5) is 14.8. The average Bonchev–Trinajstić information content (AvgIpc) is 3.00. The number of carbonyl (C=O) groups excluding carboxylic acids is 1. The second kappa shape index (κ2) is 7.03. The normalized spacial score (nSPS) is 18.0. The third-order valence-electron chi connectivity index (χ3n) is 5.03. The molecule has 0 radical (unpaired) electrons. The minimum Gasteiger partial charge on any atom is -0.296 e. The molecular weight excluding hydrogens is 376 g/mol. The van der Waals surface area contributed by atoms with Gasteiger partial charge in [-0.15, -0.1) is 0 Å². The van der Waals surface area contributed by atoms with Crippen LogP contribution in [0.15, 0.2) is 53.4 Å². The van der Waals surface area contributed by atoms with E-state index in [1.807, 2.05) is 31.2 Å². The Labute approximate surface area is 164 Å². The van der Waals surface area contributed by atoms with Crippen molar-refractivity contribution in [3.8, 4) is 0 Å². The molecule has 146 valence electrons. The fourth-order valence-corrected chi connectivity index (χ4v) is 5.20. The van der Waals surface area contributed by atoms with Crippen LogP contribution < -0.4 is 9.62 Å². The molecule has 1 amide bonds. The van der Waals surface area contributed by atoms with E-state index in [1.54, 1.807) is 40.9 Å². The molecule has 0 spiro atoms. The average molecular weight is 398 g/mol. The fourth-order valence-electron chi connectivity index (χ4n) is 3.74. The summed E-state index contributed by atoms with van der Waals surface area (Å²) in [6, 6.07) is 13.5. The highest BCUT2D eigenvalue weighted by Crippen LogP contribution is 2.25. The molecule has 0 aliphatic carbocycles. The summed E-state index contributed by atoms with van der Waals surface area (Å²) in [5, 5.41) is 5.77. The van der Waals surface area contributed by atoms with Gasteiger partial charge in [-0.3, -0.25) is 14.4 Å². The third kappa shape index (κ3) is 3.29. The Balaban J connectivity index is 1.64. The molecular formula is C20H22N4O3S. The molecule has 0 unspecified atom stereocenters. The fraction of sp³-hybridized carbons (Fsp3) is 0.300. The van der Waals surface area contributed by atoms with Crippen molar-refractivity contribution in [2.24, 2.45) is 7.05 Å². The Morgan fingerprint density at radius 1 is 1.14 bits per heavy atom. The van der Waals surface area contributed by atoms with E-state index in [9.17, 15) is 13.2 Å². The summed E-state index contributed by atoms with van der Waals surface area (Å²) in [6.45, 7) is 2.41. The molecule has 1 fully saturated rings. The van der Waals surface area contributed by atoms with Crippen molar-refractivity contribution in [3.05, 3.63) is 54.2 Å². The van der Waals surface area contributed by atoms with Crippen LogP contribution in [0.3, 0.4) is 0 Å². The molecule has 2 heterocycles. The SMILES string of the molecule is Cc1cc(N2CCC[C@H](NS(=O)(=O)c3cccc4ccccc34)C2=O)n(C)n1. The van der Waals surface area contributed by atoms with Gasteiger partial charge in [-0.05, 0) is 31.2 Å². The molecule has 1 N–H and O–H groups in total. The minimum atomic E-state index is -3.85. The topological polar surface area (TPSA) is 84.3 Å². The maximum Gasteiger partial charge on any atom is 0.246 e. The monoisotopic (exact) mass is 398 g/mol. The predicted molar refractivity (Wildman–Crippen MR) is 108 cm³/mol. The molecule has 1 saturated heterocycles. The van der Waals surface area contributed by atoms with Crippen LogP contribution >= 0.6 is 0 Å². The van der Waals surface area contributed by atoms with E-state index in [4.69, 9.17) is 0 Å². The zero-order valence-electron chi connectivity index (χ0n) is 15.8. The lowest BCUT2D eigenvalue weighted by Gasteiger charge is -2.32. The first kappa shape index (κ1) is 18.6. The van der Waals surface area contributed by atoms with E-state index in [2.05, 4.69) is 9.82 Å². The van der Waals surface area contributed by atoms with Crippen molar-refractivity contribution in [3.63, 3.8) is 0 Å². The van der Waals surface area contributed by atoms with E-state index in [-0.39, 0.29) is 10.8 Å². The van der Waals surface area contributed by atoms with Gasteiger partial charge in [-0.2, -0.15) is 9.82 Å². The molecule has 1 aliphatic heterocycles. The lowest BCUT2D eigenvalue weighted by molar-refractivity contribution is -0.121. The first-order valence-corrected chi connectivity index (χ1v) is 10.7. The van der Waals surface area contributed by atoms with Crippen molar-refractivity contribution in [1.29, 1.82) is 0 Å². The first-order chi connectivity index (χ1) is 13.4. The summed E-state index contributed by atoms with van der Waals surface area (Å²) in [7, 11) is -2.07. The highest BCUT2D eigenvalue weighted by atomic mass is 32.2. The van der Waals surface area contributed by atoms with Crippen LogP contribution in [0, 0.1) is 6.92 Å². The van der Waals surface area contributed by atoms with Gasteiger partial charge in [0.2, 0.25) is 15.9 Å². The number of amides is 1. The number of aryl methyl sites for hydroxylation is 2. The van der Waals surface area contributed by atoms with Crippen LogP contribution in [0.4, 0.5) is 5.82 Å². The maximum absolute atomic E-state index is 13.1. The number of nitrogens with one attached hydrogen (secondary N) is 1. The Kier molecular flexibility index (Phi) is 4.68. The Morgan fingerprint density at radius 2 is 1.89 bits per heavy atom. The number of aromatic nitrogens is 2. The van der Waals surface area contributed by atoms with Gasteiger partial charge in [-0.25, -0.2) is 8.42 Å². The molecule has 1 aromatic heterocycles. The Bertz CT molecular complexity index is 1150. The lowest BCUT2D eigenvalue weighted by atomic mass is 10.1. The number of hydrogen-bond donors (Lipinski definition) is 1. The molecule has 0 bridgehead atoms.